The number of carbonyl (C=O) groups is 1. The van der Waals surface area contributed by atoms with Gasteiger partial charge in [0.2, 0.25) is 10.0 Å². The molecule has 0 radical (unpaired) electrons. The van der Waals surface area contributed by atoms with Crippen LogP contribution in [-0.2, 0) is 14.8 Å². The molecule has 1 aromatic heterocycles. The number of anilines is 1. The van der Waals surface area contributed by atoms with Gasteiger partial charge in [-0.15, -0.1) is 0 Å². The van der Waals surface area contributed by atoms with Crippen molar-refractivity contribution in [1.82, 2.24) is 4.31 Å². The van der Waals surface area contributed by atoms with E-state index in [1.807, 2.05) is 0 Å². The van der Waals surface area contributed by atoms with Crippen LogP contribution in [0.3, 0.4) is 0 Å². The van der Waals surface area contributed by atoms with E-state index in [-0.39, 0.29) is 10.8 Å². The SMILES string of the molecule is O=C(Nc1cccc(S(=O)(=O)N2CCOCC2)c1)c1ccoc1. The lowest BCUT2D eigenvalue weighted by molar-refractivity contribution is 0.0730. The van der Waals surface area contributed by atoms with Gasteiger partial charge < -0.3 is 14.5 Å². The fourth-order valence-electron chi connectivity index (χ4n) is 2.27. The van der Waals surface area contributed by atoms with E-state index in [1.54, 1.807) is 12.1 Å². The lowest BCUT2D eigenvalue weighted by atomic mass is 10.3. The summed E-state index contributed by atoms with van der Waals surface area (Å²) < 4.78 is 36.6. The Labute approximate surface area is 133 Å². The van der Waals surface area contributed by atoms with E-state index < -0.39 is 10.0 Å². The van der Waals surface area contributed by atoms with Gasteiger partial charge in [-0.05, 0) is 24.3 Å². The molecule has 1 amide bonds. The normalized spacial score (nSPS) is 16.2. The van der Waals surface area contributed by atoms with Crippen molar-refractivity contribution in [3.63, 3.8) is 0 Å². The molecule has 0 spiro atoms. The first kappa shape index (κ1) is 15.7. The monoisotopic (exact) mass is 336 g/mol. The zero-order chi connectivity index (χ0) is 16.3. The summed E-state index contributed by atoms with van der Waals surface area (Å²) in [5.41, 5.74) is 0.775. The van der Waals surface area contributed by atoms with Crippen LogP contribution in [0.25, 0.3) is 0 Å². The molecular formula is C15H16N2O5S. The number of amides is 1. The second-order valence-electron chi connectivity index (χ2n) is 5.01. The summed E-state index contributed by atoms with van der Waals surface area (Å²) in [6.45, 7) is 1.42. The predicted molar refractivity (Wildman–Crippen MR) is 82.7 cm³/mol. The Morgan fingerprint density at radius 3 is 2.65 bits per heavy atom. The van der Waals surface area contributed by atoms with Gasteiger partial charge in [0.15, 0.2) is 0 Å². The van der Waals surface area contributed by atoms with Crippen LogP contribution in [0.4, 0.5) is 5.69 Å². The topological polar surface area (TPSA) is 88.9 Å². The second-order valence-corrected chi connectivity index (χ2v) is 6.95. The van der Waals surface area contributed by atoms with E-state index in [0.29, 0.717) is 37.6 Å². The standard InChI is InChI=1S/C15H16N2O5S/c18-15(12-4-7-22-11-12)16-13-2-1-3-14(10-13)23(19,20)17-5-8-21-9-6-17/h1-4,7,10-11H,5-6,8-9H2,(H,16,18). The Morgan fingerprint density at radius 2 is 1.96 bits per heavy atom. The van der Waals surface area contributed by atoms with Gasteiger partial charge in [0, 0.05) is 18.8 Å². The molecule has 1 fully saturated rings. The molecule has 0 saturated carbocycles. The number of hydrogen-bond acceptors (Lipinski definition) is 5. The molecule has 0 atom stereocenters. The maximum absolute atomic E-state index is 12.6. The lowest BCUT2D eigenvalue weighted by Crippen LogP contribution is -2.40. The average Bonchev–Trinajstić information content (AvgIpc) is 3.10. The number of ether oxygens (including phenoxy) is 1. The summed E-state index contributed by atoms with van der Waals surface area (Å²) in [5, 5.41) is 2.65. The molecule has 0 bridgehead atoms. The van der Waals surface area contributed by atoms with Crippen molar-refractivity contribution < 1.29 is 22.4 Å². The van der Waals surface area contributed by atoms with Crippen LogP contribution in [0, 0.1) is 0 Å². The van der Waals surface area contributed by atoms with Crippen LogP contribution in [0.15, 0.2) is 52.2 Å². The highest BCUT2D eigenvalue weighted by Gasteiger charge is 2.26. The number of furan rings is 1. The molecule has 2 heterocycles. The van der Waals surface area contributed by atoms with E-state index in [0.717, 1.165) is 0 Å². The van der Waals surface area contributed by atoms with Gasteiger partial charge in [0.1, 0.15) is 6.26 Å². The molecule has 8 heteroatoms. The lowest BCUT2D eigenvalue weighted by Gasteiger charge is -2.26. The third-order valence-corrected chi connectivity index (χ3v) is 5.38. The highest BCUT2D eigenvalue weighted by molar-refractivity contribution is 7.89. The molecule has 1 saturated heterocycles. The maximum Gasteiger partial charge on any atom is 0.258 e. The van der Waals surface area contributed by atoms with Crippen LogP contribution >= 0.6 is 0 Å². The number of nitrogens with zero attached hydrogens (tertiary/aromatic N) is 1. The van der Waals surface area contributed by atoms with Crippen molar-refractivity contribution >= 4 is 21.6 Å². The van der Waals surface area contributed by atoms with Crippen molar-refractivity contribution in [3.8, 4) is 0 Å². The first-order valence-corrected chi connectivity index (χ1v) is 8.53. The molecule has 1 aliphatic heterocycles. The highest BCUT2D eigenvalue weighted by atomic mass is 32.2. The molecular weight excluding hydrogens is 320 g/mol. The molecule has 1 N–H and O–H groups in total. The summed E-state index contributed by atoms with van der Waals surface area (Å²) in [5.74, 6) is -0.361. The number of morpholine rings is 1. The minimum Gasteiger partial charge on any atom is -0.472 e. The van der Waals surface area contributed by atoms with Crippen LogP contribution in [0.5, 0.6) is 0 Å². The zero-order valence-corrected chi connectivity index (χ0v) is 13.1. The zero-order valence-electron chi connectivity index (χ0n) is 12.3. The van der Waals surface area contributed by atoms with Crippen LogP contribution in [-0.4, -0.2) is 44.9 Å². The van der Waals surface area contributed by atoms with Gasteiger partial charge >= 0.3 is 0 Å². The van der Waals surface area contributed by atoms with Crippen LogP contribution < -0.4 is 5.32 Å². The van der Waals surface area contributed by atoms with Gasteiger partial charge in [-0.25, -0.2) is 8.42 Å². The smallest absolute Gasteiger partial charge is 0.258 e. The van der Waals surface area contributed by atoms with E-state index in [1.165, 1.54) is 35.0 Å². The minimum absolute atomic E-state index is 0.143. The van der Waals surface area contributed by atoms with Gasteiger partial charge in [-0.3, -0.25) is 4.79 Å². The fraction of sp³-hybridized carbons (Fsp3) is 0.267. The molecule has 1 aromatic carbocycles. The van der Waals surface area contributed by atoms with Gasteiger partial charge in [-0.1, -0.05) is 6.07 Å². The van der Waals surface area contributed by atoms with Crippen LogP contribution in [0.2, 0.25) is 0 Å². The molecule has 2 aromatic rings. The maximum atomic E-state index is 12.6. The summed E-state index contributed by atoms with van der Waals surface area (Å²) >= 11 is 0. The highest BCUT2D eigenvalue weighted by Crippen LogP contribution is 2.21. The number of nitrogens with one attached hydrogen (secondary N) is 1. The number of carbonyl (C=O) groups excluding carboxylic acids is 1. The van der Waals surface area contributed by atoms with E-state index in [2.05, 4.69) is 5.32 Å². The first-order chi connectivity index (χ1) is 11.1. The molecule has 122 valence electrons. The number of benzene rings is 1. The Balaban J connectivity index is 1.80. The first-order valence-electron chi connectivity index (χ1n) is 7.09. The average molecular weight is 336 g/mol. The van der Waals surface area contributed by atoms with Crippen molar-refractivity contribution in [3.05, 3.63) is 48.4 Å². The minimum atomic E-state index is -3.59. The summed E-state index contributed by atoms with van der Waals surface area (Å²) in [6, 6.07) is 7.72. The number of rotatable bonds is 4. The molecule has 3 rings (SSSR count). The van der Waals surface area contributed by atoms with Crippen molar-refractivity contribution in [2.45, 2.75) is 4.90 Å². The second kappa shape index (κ2) is 6.53. The molecule has 23 heavy (non-hydrogen) atoms. The van der Waals surface area contributed by atoms with E-state index >= 15 is 0 Å². The molecule has 7 nitrogen and oxygen atoms in total. The van der Waals surface area contributed by atoms with E-state index in [9.17, 15) is 13.2 Å². The van der Waals surface area contributed by atoms with Gasteiger partial charge in [0.05, 0.1) is 29.9 Å². The molecule has 0 unspecified atom stereocenters. The summed E-state index contributed by atoms with van der Waals surface area (Å²) in [4.78, 5) is 12.1. The Morgan fingerprint density at radius 1 is 1.17 bits per heavy atom. The fourth-order valence-corrected chi connectivity index (χ4v) is 3.72. The summed E-state index contributed by atoms with van der Waals surface area (Å²) in [6.07, 6.45) is 2.72. The summed E-state index contributed by atoms with van der Waals surface area (Å²) in [7, 11) is -3.59. The van der Waals surface area contributed by atoms with E-state index in [4.69, 9.17) is 9.15 Å². The quantitative estimate of drug-likeness (QED) is 0.915. The largest absolute Gasteiger partial charge is 0.472 e. The van der Waals surface area contributed by atoms with Crippen molar-refractivity contribution in [1.29, 1.82) is 0 Å². The Bertz CT molecular complexity index is 780. The third-order valence-electron chi connectivity index (χ3n) is 3.48. The predicted octanol–water partition coefficient (Wildman–Crippen LogP) is 1.55. The molecule has 1 aliphatic rings. The Hall–Kier alpha value is -2.16. The van der Waals surface area contributed by atoms with Crippen molar-refractivity contribution in [2.24, 2.45) is 0 Å². The third kappa shape index (κ3) is 3.44. The van der Waals surface area contributed by atoms with Crippen LogP contribution in [0.1, 0.15) is 10.4 Å². The van der Waals surface area contributed by atoms with Crippen molar-refractivity contribution in [2.75, 3.05) is 31.6 Å². The molecule has 0 aliphatic carbocycles. The van der Waals surface area contributed by atoms with Gasteiger partial charge in [-0.2, -0.15) is 4.31 Å². The van der Waals surface area contributed by atoms with Gasteiger partial charge in [0.25, 0.3) is 5.91 Å². The number of hydrogen-bond donors (Lipinski definition) is 1. The Kier molecular flexibility index (Phi) is 4.46. The number of sulfonamides is 1.